The van der Waals surface area contributed by atoms with Crippen LogP contribution in [0.1, 0.15) is 0 Å². The molecule has 7 nitrogen and oxygen atoms in total. The highest BCUT2D eigenvalue weighted by atomic mass is 15.0. The highest BCUT2D eigenvalue weighted by Crippen LogP contribution is 2.40. The van der Waals surface area contributed by atoms with E-state index in [0.717, 1.165) is 77.9 Å². The van der Waals surface area contributed by atoms with Crippen molar-refractivity contribution in [3.8, 4) is 67.5 Å². The van der Waals surface area contributed by atoms with E-state index in [4.69, 9.17) is 16.5 Å². The van der Waals surface area contributed by atoms with E-state index in [1.54, 1.807) is 24.8 Å². The number of aromatic nitrogens is 6. The van der Waals surface area contributed by atoms with Gasteiger partial charge < -0.3 is 9.13 Å². The van der Waals surface area contributed by atoms with Gasteiger partial charge in [0, 0.05) is 74.4 Å². The first-order valence-electron chi connectivity index (χ1n) is 21.1. The lowest BCUT2D eigenvalue weighted by Crippen LogP contribution is -1.96. The highest BCUT2D eigenvalue weighted by molar-refractivity contribution is 6.12. The van der Waals surface area contributed by atoms with Gasteiger partial charge in [-0.05, 0) is 119 Å². The molecule has 7 heteroatoms. The number of benzene rings is 7. The number of fused-ring (bicyclic) bond motifs is 6. The van der Waals surface area contributed by atoms with Gasteiger partial charge in [-0.2, -0.15) is 0 Å². The lowest BCUT2D eigenvalue weighted by Gasteiger charge is -2.12. The zero-order chi connectivity index (χ0) is 42.6. The fourth-order valence-electron chi connectivity index (χ4n) is 9.16. The first-order chi connectivity index (χ1) is 31.7. The Labute approximate surface area is 368 Å². The fraction of sp³-hybridized carbons (Fsp3) is 0. The second-order valence-electron chi connectivity index (χ2n) is 15.8. The SMILES string of the molecule is [C-]#[N+]c1cc(-c2ccc3c(c2)c2ccccc2n3-c2cccc(-c3ccc4c(c3)c3ccccc3n4-c3ccccc3)c2)ccc1-c1nc(-c2ccncc2)cc(-c2ccncc2)n1. The van der Waals surface area contributed by atoms with Crippen molar-refractivity contribution >= 4 is 49.3 Å². The minimum Gasteiger partial charge on any atom is -0.309 e. The van der Waals surface area contributed by atoms with Crippen molar-refractivity contribution in [3.63, 3.8) is 0 Å². The van der Waals surface area contributed by atoms with E-state index in [0.29, 0.717) is 17.1 Å². The van der Waals surface area contributed by atoms with Crippen LogP contribution >= 0.6 is 0 Å². The molecule has 298 valence electrons. The number of hydrogen-bond acceptors (Lipinski definition) is 4. The van der Waals surface area contributed by atoms with Crippen LogP contribution in [0.4, 0.5) is 5.69 Å². The third-order valence-electron chi connectivity index (χ3n) is 12.2. The summed E-state index contributed by atoms with van der Waals surface area (Å²) in [4.78, 5) is 22.4. The summed E-state index contributed by atoms with van der Waals surface area (Å²) in [5.74, 6) is 0.485. The lowest BCUT2D eigenvalue weighted by atomic mass is 9.99. The van der Waals surface area contributed by atoms with Crippen molar-refractivity contribution in [1.29, 1.82) is 0 Å². The predicted molar refractivity (Wildman–Crippen MR) is 260 cm³/mol. The molecule has 0 aliphatic carbocycles. The van der Waals surface area contributed by atoms with Crippen LogP contribution in [0, 0.1) is 6.57 Å². The molecule has 12 rings (SSSR count). The van der Waals surface area contributed by atoms with Gasteiger partial charge in [-0.25, -0.2) is 14.8 Å². The standard InChI is InChI=1S/C57H35N7/c1-58-52-35-42(18-21-47(52)57-61-50(37-24-28-59-29-25-37)36-51(62-57)38-26-30-60-31-27-38)41-20-23-56-49(34-41)46-15-6-8-17-54(46)64(56)44-13-9-10-39(32-44)40-19-22-55-48(33-40)45-14-5-7-16-53(45)63(55)43-11-3-2-4-12-43/h2-36H. The van der Waals surface area contributed by atoms with Gasteiger partial charge in [0.05, 0.1) is 40.0 Å². The van der Waals surface area contributed by atoms with E-state index in [9.17, 15) is 0 Å². The Kier molecular flexibility index (Phi) is 8.73. The minimum absolute atomic E-state index is 0.479. The summed E-state index contributed by atoms with van der Waals surface area (Å²) in [5, 5.41) is 4.75. The van der Waals surface area contributed by atoms with Gasteiger partial charge in [0.2, 0.25) is 0 Å². The molecule has 0 N–H and O–H groups in total. The maximum absolute atomic E-state index is 8.31. The zero-order valence-corrected chi connectivity index (χ0v) is 34.3. The van der Waals surface area contributed by atoms with E-state index in [1.807, 2.05) is 42.5 Å². The summed E-state index contributed by atoms with van der Waals surface area (Å²) in [6, 6.07) is 65.8. The number of pyridine rings is 2. The molecule has 64 heavy (non-hydrogen) atoms. The Morgan fingerprint density at radius 2 is 0.844 bits per heavy atom. The number of para-hydroxylation sites is 3. The predicted octanol–water partition coefficient (Wildman–Crippen LogP) is 14.3. The summed E-state index contributed by atoms with van der Waals surface area (Å²) in [5.41, 5.74) is 15.6. The van der Waals surface area contributed by atoms with Crippen molar-refractivity contribution in [1.82, 2.24) is 29.1 Å². The number of nitrogens with zero attached hydrogens (tertiary/aromatic N) is 7. The first-order valence-corrected chi connectivity index (χ1v) is 21.1. The van der Waals surface area contributed by atoms with E-state index in [2.05, 4.69) is 170 Å². The lowest BCUT2D eigenvalue weighted by molar-refractivity contribution is 1.18. The maximum Gasteiger partial charge on any atom is 0.198 e. The largest absolute Gasteiger partial charge is 0.309 e. The fourth-order valence-corrected chi connectivity index (χ4v) is 9.16. The van der Waals surface area contributed by atoms with E-state index in [1.165, 1.54) is 21.8 Å². The smallest absolute Gasteiger partial charge is 0.198 e. The topological polar surface area (TPSA) is 65.8 Å². The van der Waals surface area contributed by atoms with Crippen molar-refractivity contribution in [2.45, 2.75) is 0 Å². The van der Waals surface area contributed by atoms with Crippen molar-refractivity contribution in [2.24, 2.45) is 0 Å². The summed E-state index contributed by atoms with van der Waals surface area (Å²) >= 11 is 0. The summed E-state index contributed by atoms with van der Waals surface area (Å²) < 4.78 is 4.71. The average molecular weight is 818 g/mol. The van der Waals surface area contributed by atoms with Crippen LogP contribution in [0.3, 0.4) is 0 Å². The maximum atomic E-state index is 8.31. The van der Waals surface area contributed by atoms with Crippen LogP contribution in [0.5, 0.6) is 0 Å². The molecule has 0 amide bonds. The van der Waals surface area contributed by atoms with Crippen LogP contribution in [-0.4, -0.2) is 29.1 Å². The molecule has 0 fully saturated rings. The summed E-state index contributed by atoms with van der Waals surface area (Å²) in [7, 11) is 0. The molecule has 5 heterocycles. The normalized spacial score (nSPS) is 11.4. The Bertz CT molecular complexity index is 3730. The van der Waals surface area contributed by atoms with Gasteiger partial charge in [0.15, 0.2) is 5.69 Å². The highest BCUT2D eigenvalue weighted by Gasteiger charge is 2.18. The van der Waals surface area contributed by atoms with E-state index in [-0.39, 0.29) is 0 Å². The Balaban J connectivity index is 0.939. The van der Waals surface area contributed by atoms with Crippen LogP contribution in [0.25, 0.3) is 116 Å². The molecule has 7 aromatic carbocycles. The van der Waals surface area contributed by atoms with Gasteiger partial charge in [-0.3, -0.25) is 9.97 Å². The number of hydrogen-bond donors (Lipinski definition) is 0. The van der Waals surface area contributed by atoms with E-state index < -0.39 is 0 Å². The molecule has 0 saturated heterocycles. The Hall–Kier alpha value is -8.99. The monoisotopic (exact) mass is 817 g/mol. The third kappa shape index (κ3) is 6.21. The molecular formula is C57H35N7. The van der Waals surface area contributed by atoms with Crippen LogP contribution in [-0.2, 0) is 0 Å². The molecular weight excluding hydrogens is 783 g/mol. The first kappa shape index (κ1) is 36.8. The molecule has 0 saturated carbocycles. The van der Waals surface area contributed by atoms with E-state index >= 15 is 0 Å². The summed E-state index contributed by atoms with van der Waals surface area (Å²) in [6.45, 7) is 8.31. The zero-order valence-electron chi connectivity index (χ0n) is 34.3. The molecule has 12 aromatic rings. The summed E-state index contributed by atoms with van der Waals surface area (Å²) in [6.07, 6.45) is 7.01. The molecule has 0 radical (unpaired) electrons. The molecule has 0 spiro atoms. The molecule has 0 aliphatic rings. The number of rotatable bonds is 7. The van der Waals surface area contributed by atoms with Gasteiger partial charge in [-0.15, -0.1) is 0 Å². The van der Waals surface area contributed by atoms with Crippen LogP contribution in [0.15, 0.2) is 213 Å². The van der Waals surface area contributed by atoms with Crippen molar-refractivity contribution in [3.05, 3.63) is 224 Å². The van der Waals surface area contributed by atoms with Crippen LogP contribution < -0.4 is 0 Å². The molecule has 0 bridgehead atoms. The van der Waals surface area contributed by atoms with Gasteiger partial charge in [0.1, 0.15) is 5.82 Å². The van der Waals surface area contributed by atoms with Crippen molar-refractivity contribution in [2.75, 3.05) is 0 Å². The molecule has 0 atom stereocenters. The van der Waals surface area contributed by atoms with Gasteiger partial charge in [-0.1, -0.05) is 91.0 Å². The second kappa shape index (κ2) is 15.2. The third-order valence-corrected chi connectivity index (χ3v) is 12.2. The minimum atomic E-state index is 0.479. The van der Waals surface area contributed by atoms with Crippen LogP contribution in [0.2, 0.25) is 0 Å². The molecule has 5 aromatic heterocycles. The van der Waals surface area contributed by atoms with Crippen molar-refractivity contribution < 1.29 is 0 Å². The quantitative estimate of drug-likeness (QED) is 0.150. The average Bonchev–Trinajstić information content (AvgIpc) is 3.89. The molecule has 0 aliphatic heterocycles. The molecule has 0 unspecified atom stereocenters. The van der Waals surface area contributed by atoms with Gasteiger partial charge in [0.25, 0.3) is 0 Å². The van der Waals surface area contributed by atoms with Gasteiger partial charge >= 0.3 is 0 Å². The second-order valence-corrected chi connectivity index (χ2v) is 15.8. The Morgan fingerprint density at radius 1 is 0.359 bits per heavy atom. The Morgan fingerprint density at radius 3 is 1.44 bits per heavy atom.